The fraction of sp³-hybridized carbons (Fsp3) is 0.714. The number of nitrogens with zero attached hydrogens (tertiary/aromatic N) is 2. The van der Waals surface area contributed by atoms with Crippen molar-refractivity contribution < 1.29 is 4.74 Å². The molecule has 1 aromatic heterocycles. The highest BCUT2D eigenvalue weighted by Gasteiger charge is 2.02. The third-order valence-corrected chi connectivity index (χ3v) is 2.10. The van der Waals surface area contributed by atoms with E-state index in [1.807, 2.05) is 0 Å². The zero-order valence-electron chi connectivity index (χ0n) is 7.28. The van der Waals surface area contributed by atoms with Gasteiger partial charge in [0.1, 0.15) is 5.00 Å². The van der Waals surface area contributed by atoms with Crippen molar-refractivity contribution in [2.24, 2.45) is 0 Å². The van der Waals surface area contributed by atoms with Gasteiger partial charge in [0.15, 0.2) is 0 Å². The Hall–Kier alpha value is -0.680. The van der Waals surface area contributed by atoms with Gasteiger partial charge < -0.3 is 10.1 Å². The van der Waals surface area contributed by atoms with Crippen molar-refractivity contribution in [3.8, 4) is 0 Å². The summed E-state index contributed by atoms with van der Waals surface area (Å²) in [5.41, 5.74) is 0. The van der Waals surface area contributed by atoms with Gasteiger partial charge in [-0.1, -0.05) is 4.49 Å². The van der Waals surface area contributed by atoms with Crippen LogP contribution >= 0.6 is 11.5 Å². The monoisotopic (exact) mass is 187 g/mol. The van der Waals surface area contributed by atoms with E-state index in [0.29, 0.717) is 6.04 Å². The first kappa shape index (κ1) is 9.41. The second-order valence-electron chi connectivity index (χ2n) is 2.61. The van der Waals surface area contributed by atoms with Gasteiger partial charge in [-0.15, -0.1) is 5.10 Å². The van der Waals surface area contributed by atoms with Crippen LogP contribution in [0.3, 0.4) is 0 Å². The van der Waals surface area contributed by atoms with Gasteiger partial charge in [-0.05, 0) is 13.3 Å². The third-order valence-electron chi connectivity index (χ3n) is 1.50. The van der Waals surface area contributed by atoms with Crippen molar-refractivity contribution in [2.75, 3.05) is 19.0 Å². The van der Waals surface area contributed by atoms with Gasteiger partial charge in [0.05, 0.1) is 6.20 Å². The number of anilines is 1. The van der Waals surface area contributed by atoms with E-state index in [2.05, 4.69) is 21.8 Å². The predicted octanol–water partition coefficient (Wildman–Crippen LogP) is 1.37. The molecular formula is C7H13N3OS. The number of ether oxygens (including phenoxy) is 1. The van der Waals surface area contributed by atoms with E-state index in [0.717, 1.165) is 18.0 Å². The van der Waals surface area contributed by atoms with E-state index in [4.69, 9.17) is 4.74 Å². The van der Waals surface area contributed by atoms with Crippen molar-refractivity contribution in [2.45, 2.75) is 19.4 Å². The molecule has 1 unspecified atom stereocenters. The lowest BCUT2D eigenvalue weighted by Crippen LogP contribution is -2.16. The van der Waals surface area contributed by atoms with Crippen molar-refractivity contribution in [1.29, 1.82) is 0 Å². The first-order valence-electron chi connectivity index (χ1n) is 3.85. The molecule has 0 aliphatic rings. The summed E-state index contributed by atoms with van der Waals surface area (Å²) in [6.07, 6.45) is 2.72. The summed E-state index contributed by atoms with van der Waals surface area (Å²) in [4.78, 5) is 0. The summed E-state index contributed by atoms with van der Waals surface area (Å²) in [7, 11) is 1.71. The minimum Gasteiger partial charge on any atom is -0.385 e. The largest absolute Gasteiger partial charge is 0.385 e. The number of nitrogens with one attached hydrogen (secondary N) is 1. The number of hydrogen-bond acceptors (Lipinski definition) is 5. The van der Waals surface area contributed by atoms with Gasteiger partial charge in [0, 0.05) is 31.3 Å². The predicted molar refractivity (Wildman–Crippen MR) is 49.5 cm³/mol. The van der Waals surface area contributed by atoms with E-state index in [-0.39, 0.29) is 0 Å². The Labute approximate surface area is 76.1 Å². The second kappa shape index (κ2) is 5.05. The molecule has 0 radical (unpaired) electrons. The van der Waals surface area contributed by atoms with Crippen LogP contribution in [0.1, 0.15) is 13.3 Å². The maximum Gasteiger partial charge on any atom is 0.130 e. The SMILES string of the molecule is COCCC(C)Nc1cnns1. The Kier molecular flexibility index (Phi) is 3.96. The molecule has 0 aromatic carbocycles. The van der Waals surface area contributed by atoms with E-state index in [1.165, 1.54) is 11.5 Å². The summed E-state index contributed by atoms with van der Waals surface area (Å²) < 4.78 is 8.72. The Morgan fingerprint density at radius 3 is 3.17 bits per heavy atom. The van der Waals surface area contributed by atoms with Crippen LogP contribution in [-0.2, 0) is 4.74 Å². The number of rotatable bonds is 5. The first-order chi connectivity index (χ1) is 5.83. The Bertz CT molecular complexity index is 202. The van der Waals surface area contributed by atoms with Crippen molar-refractivity contribution in [1.82, 2.24) is 9.59 Å². The Morgan fingerprint density at radius 2 is 2.58 bits per heavy atom. The number of methoxy groups -OCH3 is 1. The molecule has 68 valence electrons. The average molecular weight is 187 g/mol. The molecule has 5 heteroatoms. The van der Waals surface area contributed by atoms with E-state index < -0.39 is 0 Å². The zero-order valence-corrected chi connectivity index (χ0v) is 8.10. The summed E-state index contributed by atoms with van der Waals surface area (Å²) >= 11 is 1.37. The summed E-state index contributed by atoms with van der Waals surface area (Å²) in [6.45, 7) is 2.89. The van der Waals surface area contributed by atoms with Gasteiger partial charge in [-0.25, -0.2) is 0 Å². The maximum atomic E-state index is 4.96. The van der Waals surface area contributed by atoms with Crippen molar-refractivity contribution in [3.05, 3.63) is 6.20 Å². The molecule has 0 amide bonds. The minimum atomic E-state index is 0.409. The minimum absolute atomic E-state index is 0.409. The molecule has 4 nitrogen and oxygen atoms in total. The summed E-state index contributed by atoms with van der Waals surface area (Å²) in [5, 5.41) is 8.01. The van der Waals surface area contributed by atoms with Crippen LogP contribution in [0.25, 0.3) is 0 Å². The molecule has 0 fully saturated rings. The molecular weight excluding hydrogens is 174 g/mol. The number of hydrogen-bond donors (Lipinski definition) is 1. The molecule has 0 aliphatic carbocycles. The van der Waals surface area contributed by atoms with Crippen LogP contribution in [-0.4, -0.2) is 29.3 Å². The molecule has 1 aromatic rings. The van der Waals surface area contributed by atoms with E-state index >= 15 is 0 Å². The highest BCUT2D eigenvalue weighted by atomic mass is 32.1. The highest BCUT2D eigenvalue weighted by molar-refractivity contribution is 7.09. The van der Waals surface area contributed by atoms with Crippen LogP contribution in [0, 0.1) is 0 Å². The van der Waals surface area contributed by atoms with Crippen LogP contribution < -0.4 is 5.32 Å². The topological polar surface area (TPSA) is 47.0 Å². The second-order valence-corrected chi connectivity index (χ2v) is 3.39. The molecule has 0 saturated heterocycles. The standard InChI is InChI=1S/C7H13N3OS/c1-6(3-4-11-2)9-7-5-8-10-12-7/h5-6,9H,3-4H2,1-2H3. The molecule has 0 bridgehead atoms. The molecule has 0 aliphatic heterocycles. The Morgan fingerprint density at radius 1 is 1.75 bits per heavy atom. The number of aromatic nitrogens is 2. The molecule has 1 heterocycles. The lowest BCUT2D eigenvalue weighted by Gasteiger charge is -2.11. The maximum absolute atomic E-state index is 4.96. The molecule has 12 heavy (non-hydrogen) atoms. The van der Waals surface area contributed by atoms with Gasteiger partial charge in [0.25, 0.3) is 0 Å². The van der Waals surface area contributed by atoms with Crippen LogP contribution in [0.2, 0.25) is 0 Å². The van der Waals surface area contributed by atoms with Gasteiger partial charge >= 0.3 is 0 Å². The lowest BCUT2D eigenvalue weighted by atomic mass is 10.2. The molecule has 1 rings (SSSR count). The van der Waals surface area contributed by atoms with Crippen LogP contribution in [0.15, 0.2) is 6.20 Å². The zero-order chi connectivity index (χ0) is 8.81. The van der Waals surface area contributed by atoms with Crippen molar-refractivity contribution >= 4 is 16.5 Å². The van der Waals surface area contributed by atoms with Crippen LogP contribution in [0.4, 0.5) is 5.00 Å². The van der Waals surface area contributed by atoms with Crippen molar-refractivity contribution in [3.63, 3.8) is 0 Å². The van der Waals surface area contributed by atoms with Crippen LogP contribution in [0.5, 0.6) is 0 Å². The highest BCUT2D eigenvalue weighted by Crippen LogP contribution is 2.11. The van der Waals surface area contributed by atoms with E-state index in [1.54, 1.807) is 13.3 Å². The summed E-state index contributed by atoms with van der Waals surface area (Å²) in [5.74, 6) is 0. The normalized spacial score (nSPS) is 12.8. The average Bonchev–Trinajstić information content (AvgIpc) is 2.53. The molecule has 1 atom stereocenters. The third kappa shape index (κ3) is 3.15. The fourth-order valence-corrected chi connectivity index (χ4v) is 1.37. The Balaban J connectivity index is 2.22. The van der Waals surface area contributed by atoms with Gasteiger partial charge in [0.2, 0.25) is 0 Å². The molecule has 0 spiro atoms. The molecule has 0 saturated carbocycles. The first-order valence-corrected chi connectivity index (χ1v) is 4.63. The van der Waals surface area contributed by atoms with Gasteiger partial charge in [-0.3, -0.25) is 0 Å². The smallest absolute Gasteiger partial charge is 0.130 e. The van der Waals surface area contributed by atoms with Gasteiger partial charge in [-0.2, -0.15) is 0 Å². The molecule has 1 N–H and O–H groups in total. The fourth-order valence-electron chi connectivity index (χ4n) is 0.840. The summed E-state index contributed by atoms with van der Waals surface area (Å²) in [6, 6.07) is 0.409. The quantitative estimate of drug-likeness (QED) is 0.756. The van der Waals surface area contributed by atoms with E-state index in [9.17, 15) is 0 Å². The lowest BCUT2D eigenvalue weighted by molar-refractivity contribution is 0.191.